The quantitative estimate of drug-likeness (QED) is 0.319. The van der Waals surface area contributed by atoms with E-state index in [9.17, 15) is 4.79 Å². The average molecular weight is 432 g/mol. The molecule has 23 heavy (non-hydrogen) atoms. The molecule has 3 N–H and O–H groups in total. The van der Waals surface area contributed by atoms with Crippen LogP contribution in [0.4, 0.5) is 0 Å². The summed E-state index contributed by atoms with van der Waals surface area (Å²) in [7, 11) is 0. The molecule has 0 radical (unpaired) electrons. The van der Waals surface area contributed by atoms with Gasteiger partial charge < -0.3 is 16.0 Å². The van der Waals surface area contributed by atoms with E-state index in [1.165, 1.54) is 5.56 Å². The molecule has 130 valence electrons. The van der Waals surface area contributed by atoms with Gasteiger partial charge in [-0.1, -0.05) is 37.3 Å². The molecule has 0 aliphatic rings. The molecule has 0 aliphatic carbocycles. The number of carbonyl (C=O) groups excluding carboxylic acids is 1. The number of nitrogens with zero attached hydrogens (tertiary/aromatic N) is 1. The second kappa shape index (κ2) is 14.3. The number of rotatable bonds is 9. The Morgan fingerprint density at radius 2 is 1.78 bits per heavy atom. The van der Waals surface area contributed by atoms with Crippen molar-refractivity contribution in [3.8, 4) is 0 Å². The van der Waals surface area contributed by atoms with Crippen LogP contribution in [0.2, 0.25) is 0 Å². The maximum Gasteiger partial charge on any atom is 0.221 e. The number of hydrogen-bond donors (Lipinski definition) is 3. The Kier molecular flexibility index (Phi) is 13.5. The van der Waals surface area contributed by atoms with Crippen LogP contribution in [0.25, 0.3) is 0 Å². The molecule has 0 saturated heterocycles. The molecule has 0 saturated carbocycles. The smallest absolute Gasteiger partial charge is 0.221 e. The van der Waals surface area contributed by atoms with Gasteiger partial charge in [0.15, 0.2) is 5.96 Å². The van der Waals surface area contributed by atoms with Crippen LogP contribution >= 0.6 is 24.0 Å². The van der Waals surface area contributed by atoms with Crippen LogP contribution in [-0.4, -0.2) is 38.0 Å². The summed E-state index contributed by atoms with van der Waals surface area (Å²) in [5.41, 5.74) is 1.30. The zero-order valence-corrected chi connectivity index (χ0v) is 16.4. The third kappa shape index (κ3) is 11.0. The Morgan fingerprint density at radius 3 is 2.43 bits per heavy atom. The summed E-state index contributed by atoms with van der Waals surface area (Å²) in [5, 5.41) is 9.34. The highest BCUT2D eigenvalue weighted by Crippen LogP contribution is 1.98. The van der Waals surface area contributed by atoms with Crippen LogP contribution in [0.3, 0.4) is 0 Å². The van der Waals surface area contributed by atoms with Gasteiger partial charge in [0, 0.05) is 26.1 Å². The average Bonchev–Trinajstić information content (AvgIpc) is 2.54. The first-order valence-corrected chi connectivity index (χ1v) is 8.09. The third-order valence-electron chi connectivity index (χ3n) is 3.07. The van der Waals surface area contributed by atoms with Crippen LogP contribution in [0.5, 0.6) is 0 Å². The second-order valence-corrected chi connectivity index (χ2v) is 5.02. The van der Waals surface area contributed by atoms with E-state index in [0.29, 0.717) is 13.0 Å². The molecule has 5 nitrogen and oxygen atoms in total. The zero-order valence-electron chi connectivity index (χ0n) is 14.1. The van der Waals surface area contributed by atoms with Crippen molar-refractivity contribution in [1.82, 2.24) is 16.0 Å². The van der Waals surface area contributed by atoms with Gasteiger partial charge in [0.25, 0.3) is 0 Å². The van der Waals surface area contributed by atoms with Crippen molar-refractivity contribution in [2.75, 3.05) is 26.2 Å². The summed E-state index contributed by atoms with van der Waals surface area (Å²) in [6.07, 6.45) is 2.33. The van der Waals surface area contributed by atoms with Crippen LogP contribution in [0, 0.1) is 0 Å². The monoisotopic (exact) mass is 432 g/mol. The SMILES string of the molecule is CCCNC(=O)CCN=C(NCC)NCCc1ccccc1.I. The minimum Gasteiger partial charge on any atom is -0.357 e. The van der Waals surface area contributed by atoms with Gasteiger partial charge >= 0.3 is 0 Å². The first kappa shape index (κ1) is 21.7. The first-order valence-electron chi connectivity index (χ1n) is 8.09. The lowest BCUT2D eigenvalue weighted by molar-refractivity contribution is -0.120. The van der Waals surface area contributed by atoms with Crippen LogP contribution < -0.4 is 16.0 Å². The Morgan fingerprint density at radius 1 is 1.04 bits per heavy atom. The summed E-state index contributed by atoms with van der Waals surface area (Å²) in [5.74, 6) is 0.826. The lowest BCUT2D eigenvalue weighted by Gasteiger charge is -2.11. The van der Waals surface area contributed by atoms with Gasteiger partial charge in [-0.2, -0.15) is 0 Å². The minimum absolute atomic E-state index is 0. The van der Waals surface area contributed by atoms with Gasteiger partial charge in [-0.25, -0.2) is 0 Å². The van der Waals surface area contributed by atoms with E-state index in [1.54, 1.807) is 0 Å². The summed E-state index contributed by atoms with van der Waals surface area (Å²) >= 11 is 0. The van der Waals surface area contributed by atoms with Crippen molar-refractivity contribution < 1.29 is 4.79 Å². The number of benzene rings is 1. The lowest BCUT2D eigenvalue weighted by Crippen LogP contribution is -2.38. The van der Waals surface area contributed by atoms with E-state index >= 15 is 0 Å². The van der Waals surface area contributed by atoms with Crippen molar-refractivity contribution in [3.63, 3.8) is 0 Å². The molecule has 0 unspecified atom stereocenters. The molecule has 0 fully saturated rings. The lowest BCUT2D eigenvalue weighted by atomic mass is 10.1. The van der Waals surface area contributed by atoms with Gasteiger partial charge in [-0.3, -0.25) is 9.79 Å². The van der Waals surface area contributed by atoms with Gasteiger partial charge in [-0.05, 0) is 25.3 Å². The van der Waals surface area contributed by atoms with Crippen molar-refractivity contribution in [1.29, 1.82) is 0 Å². The molecular weight excluding hydrogens is 403 g/mol. The Hall–Kier alpha value is -1.31. The minimum atomic E-state index is 0. The molecule has 0 atom stereocenters. The van der Waals surface area contributed by atoms with Gasteiger partial charge in [0.2, 0.25) is 5.91 Å². The topological polar surface area (TPSA) is 65.5 Å². The molecule has 0 bridgehead atoms. The number of halogens is 1. The molecule has 0 aliphatic heterocycles. The first-order chi connectivity index (χ1) is 10.8. The van der Waals surface area contributed by atoms with Crippen molar-refractivity contribution in [2.24, 2.45) is 4.99 Å². The van der Waals surface area contributed by atoms with Crippen LogP contribution in [0.15, 0.2) is 35.3 Å². The molecule has 0 heterocycles. The fourth-order valence-electron chi connectivity index (χ4n) is 1.93. The van der Waals surface area contributed by atoms with E-state index in [0.717, 1.165) is 38.4 Å². The van der Waals surface area contributed by atoms with E-state index in [-0.39, 0.29) is 29.9 Å². The maximum atomic E-state index is 11.5. The Labute approximate surface area is 156 Å². The second-order valence-electron chi connectivity index (χ2n) is 5.02. The summed E-state index contributed by atoms with van der Waals surface area (Å²) < 4.78 is 0. The van der Waals surface area contributed by atoms with Crippen LogP contribution in [0.1, 0.15) is 32.3 Å². The third-order valence-corrected chi connectivity index (χ3v) is 3.07. The highest BCUT2D eigenvalue weighted by Gasteiger charge is 2.01. The predicted octanol–water partition coefficient (Wildman–Crippen LogP) is 2.32. The molecule has 1 rings (SSSR count). The van der Waals surface area contributed by atoms with E-state index in [4.69, 9.17) is 0 Å². The number of amides is 1. The van der Waals surface area contributed by atoms with E-state index in [2.05, 4.69) is 33.1 Å². The highest BCUT2D eigenvalue weighted by atomic mass is 127. The van der Waals surface area contributed by atoms with E-state index < -0.39 is 0 Å². The van der Waals surface area contributed by atoms with Gasteiger partial charge in [-0.15, -0.1) is 24.0 Å². The Bertz CT molecular complexity index is 451. The van der Waals surface area contributed by atoms with E-state index in [1.807, 2.05) is 32.0 Å². The van der Waals surface area contributed by atoms with Gasteiger partial charge in [0.1, 0.15) is 0 Å². The van der Waals surface area contributed by atoms with Crippen molar-refractivity contribution >= 4 is 35.8 Å². The summed E-state index contributed by atoms with van der Waals surface area (Å²) in [6, 6.07) is 10.3. The Balaban J connectivity index is 0.00000484. The fraction of sp³-hybridized carbons (Fsp3) is 0.529. The number of hydrogen-bond acceptors (Lipinski definition) is 2. The molecule has 6 heteroatoms. The molecule has 0 aromatic heterocycles. The van der Waals surface area contributed by atoms with Crippen LogP contribution in [-0.2, 0) is 11.2 Å². The number of guanidine groups is 1. The summed E-state index contributed by atoms with van der Waals surface area (Å²) in [6.45, 7) is 6.92. The molecule has 1 amide bonds. The highest BCUT2D eigenvalue weighted by molar-refractivity contribution is 14.0. The molecule has 1 aromatic carbocycles. The predicted molar refractivity (Wildman–Crippen MR) is 107 cm³/mol. The number of carbonyl (C=O) groups is 1. The van der Waals surface area contributed by atoms with Gasteiger partial charge in [0.05, 0.1) is 6.54 Å². The number of aliphatic imine (C=N–C) groups is 1. The van der Waals surface area contributed by atoms with Crippen molar-refractivity contribution in [2.45, 2.75) is 33.1 Å². The largest absolute Gasteiger partial charge is 0.357 e. The zero-order chi connectivity index (χ0) is 16.0. The molecule has 0 spiro atoms. The maximum absolute atomic E-state index is 11.5. The number of nitrogens with one attached hydrogen (secondary N) is 3. The fourth-order valence-corrected chi connectivity index (χ4v) is 1.93. The standard InChI is InChI=1S/C17H28N4O.HI/c1-3-12-19-16(22)11-14-21-17(18-4-2)20-13-10-15-8-6-5-7-9-15;/h5-9H,3-4,10-14H2,1-2H3,(H,19,22)(H2,18,20,21);1H. The normalized spacial score (nSPS) is 10.6. The molecule has 1 aromatic rings. The summed E-state index contributed by atoms with van der Waals surface area (Å²) in [4.78, 5) is 15.9. The molecular formula is C17H29IN4O. The van der Waals surface area contributed by atoms with Crippen molar-refractivity contribution in [3.05, 3.63) is 35.9 Å².